The molecule has 0 fully saturated rings. The van der Waals surface area contributed by atoms with Crippen LogP contribution in [0.1, 0.15) is 13.3 Å². The highest BCUT2D eigenvalue weighted by Gasteiger charge is 2.21. The molecule has 0 saturated carbocycles. The monoisotopic (exact) mass is 211 g/mol. The van der Waals surface area contributed by atoms with Gasteiger partial charge in [0.2, 0.25) is 0 Å². The molecule has 0 heterocycles. The van der Waals surface area contributed by atoms with Crippen molar-refractivity contribution in [1.82, 2.24) is 5.32 Å². The third kappa shape index (κ3) is 2.26. The molecule has 0 saturated heterocycles. The maximum atomic E-state index is 13.8. The van der Waals surface area contributed by atoms with Gasteiger partial charge in [0.05, 0.1) is 12.7 Å². The van der Waals surface area contributed by atoms with Gasteiger partial charge in [-0.1, -0.05) is 11.6 Å². The van der Waals surface area contributed by atoms with Crippen molar-refractivity contribution in [2.75, 3.05) is 14.2 Å². The highest BCUT2D eigenvalue weighted by Crippen LogP contribution is 2.26. The molecule has 0 bridgehead atoms. The molecule has 1 amide bonds. The predicted octanol–water partition coefficient (Wildman–Crippen LogP) is 1.84. The number of ether oxygens (including phenoxy) is 1. The van der Waals surface area contributed by atoms with Gasteiger partial charge in [-0.3, -0.25) is 4.79 Å². The maximum Gasteiger partial charge on any atom is 0.254 e. The minimum atomic E-state index is -0.608. The Kier molecular flexibility index (Phi) is 3.66. The third-order valence-electron chi connectivity index (χ3n) is 2.23. The predicted molar refractivity (Wildman–Crippen MR) is 55.7 cm³/mol. The summed E-state index contributed by atoms with van der Waals surface area (Å²) in [5.41, 5.74) is 0.759. The topological polar surface area (TPSA) is 38.3 Å². The average Bonchev–Trinajstić information content (AvgIpc) is 2.36. The van der Waals surface area contributed by atoms with Crippen LogP contribution in [0.15, 0.2) is 34.9 Å². The first-order valence-electron chi connectivity index (χ1n) is 4.64. The van der Waals surface area contributed by atoms with Gasteiger partial charge in [-0.15, -0.1) is 0 Å². The van der Waals surface area contributed by atoms with Gasteiger partial charge >= 0.3 is 0 Å². The summed E-state index contributed by atoms with van der Waals surface area (Å²) in [6, 6.07) is 0. The average molecular weight is 211 g/mol. The summed E-state index contributed by atoms with van der Waals surface area (Å²) in [6.07, 6.45) is 3.85. The highest BCUT2D eigenvalue weighted by atomic mass is 19.1. The van der Waals surface area contributed by atoms with Crippen molar-refractivity contribution in [3.63, 3.8) is 0 Å². The van der Waals surface area contributed by atoms with Gasteiger partial charge in [-0.2, -0.15) is 0 Å². The van der Waals surface area contributed by atoms with E-state index in [1.165, 1.54) is 20.2 Å². The fraction of sp³-hybridized carbons (Fsp3) is 0.364. The zero-order valence-electron chi connectivity index (χ0n) is 9.06. The molecule has 0 atom stereocenters. The van der Waals surface area contributed by atoms with Gasteiger partial charge in [0, 0.05) is 7.05 Å². The summed E-state index contributed by atoms with van der Waals surface area (Å²) in [5, 5.41) is 2.41. The first-order valence-corrected chi connectivity index (χ1v) is 4.64. The number of hydrogen-bond donors (Lipinski definition) is 1. The van der Waals surface area contributed by atoms with Crippen molar-refractivity contribution >= 4 is 5.91 Å². The van der Waals surface area contributed by atoms with E-state index in [4.69, 9.17) is 4.74 Å². The van der Waals surface area contributed by atoms with Crippen LogP contribution in [-0.2, 0) is 9.53 Å². The molecule has 15 heavy (non-hydrogen) atoms. The number of allylic oxidation sites excluding steroid dienone is 3. The zero-order valence-corrected chi connectivity index (χ0v) is 9.06. The molecule has 0 aromatic carbocycles. The van der Waals surface area contributed by atoms with E-state index in [1.54, 1.807) is 13.0 Å². The van der Waals surface area contributed by atoms with Crippen LogP contribution < -0.4 is 5.32 Å². The number of carbonyl (C=O) groups is 1. The Morgan fingerprint density at radius 2 is 2.27 bits per heavy atom. The van der Waals surface area contributed by atoms with E-state index in [0.717, 1.165) is 0 Å². The minimum Gasteiger partial charge on any atom is -0.494 e. The fourth-order valence-electron chi connectivity index (χ4n) is 1.40. The summed E-state index contributed by atoms with van der Waals surface area (Å²) in [4.78, 5) is 11.5. The van der Waals surface area contributed by atoms with E-state index in [2.05, 4.69) is 5.32 Å². The van der Waals surface area contributed by atoms with Crippen molar-refractivity contribution in [1.29, 1.82) is 0 Å². The Balaban J connectivity index is 3.25. The van der Waals surface area contributed by atoms with Crippen LogP contribution in [0.25, 0.3) is 0 Å². The van der Waals surface area contributed by atoms with Crippen LogP contribution in [-0.4, -0.2) is 20.1 Å². The largest absolute Gasteiger partial charge is 0.494 e. The van der Waals surface area contributed by atoms with E-state index < -0.39 is 11.7 Å². The van der Waals surface area contributed by atoms with E-state index >= 15 is 0 Å². The van der Waals surface area contributed by atoms with Gasteiger partial charge in [0.1, 0.15) is 0 Å². The highest BCUT2D eigenvalue weighted by molar-refractivity contribution is 5.98. The van der Waals surface area contributed by atoms with Crippen molar-refractivity contribution in [3.05, 3.63) is 34.9 Å². The normalized spacial score (nSPS) is 16.5. The van der Waals surface area contributed by atoms with Crippen molar-refractivity contribution < 1.29 is 13.9 Å². The number of hydrogen-bond acceptors (Lipinski definition) is 2. The van der Waals surface area contributed by atoms with Gasteiger partial charge in [-0.05, 0) is 19.4 Å². The number of carbonyl (C=O) groups excluding carboxylic acids is 1. The van der Waals surface area contributed by atoms with Crippen molar-refractivity contribution in [2.24, 2.45) is 0 Å². The second-order valence-corrected chi connectivity index (χ2v) is 3.22. The molecular weight excluding hydrogens is 197 g/mol. The second kappa shape index (κ2) is 4.77. The maximum absolute atomic E-state index is 13.8. The van der Waals surface area contributed by atoms with E-state index in [1.807, 2.05) is 0 Å². The van der Waals surface area contributed by atoms with Crippen LogP contribution in [0.3, 0.4) is 0 Å². The Morgan fingerprint density at radius 3 is 2.80 bits per heavy atom. The number of halogens is 1. The Morgan fingerprint density at radius 1 is 1.60 bits per heavy atom. The summed E-state index contributed by atoms with van der Waals surface area (Å²) in [5.74, 6) is -0.947. The second-order valence-electron chi connectivity index (χ2n) is 3.22. The van der Waals surface area contributed by atoms with E-state index in [0.29, 0.717) is 12.0 Å². The number of methoxy groups -OCH3 is 1. The number of rotatable bonds is 2. The molecular formula is C11H14FNO2. The summed E-state index contributed by atoms with van der Waals surface area (Å²) >= 11 is 0. The van der Waals surface area contributed by atoms with Gasteiger partial charge < -0.3 is 10.1 Å². The van der Waals surface area contributed by atoms with Crippen LogP contribution in [0.2, 0.25) is 0 Å². The molecule has 0 aromatic heterocycles. The van der Waals surface area contributed by atoms with Crippen LogP contribution in [0, 0.1) is 0 Å². The molecule has 0 aromatic rings. The van der Waals surface area contributed by atoms with Crippen molar-refractivity contribution in [2.45, 2.75) is 13.3 Å². The molecule has 1 rings (SSSR count). The lowest BCUT2D eigenvalue weighted by molar-refractivity contribution is -0.117. The molecule has 4 heteroatoms. The zero-order chi connectivity index (χ0) is 11.4. The molecule has 82 valence electrons. The van der Waals surface area contributed by atoms with E-state index in [-0.39, 0.29) is 11.3 Å². The Bertz CT molecular complexity index is 367. The van der Waals surface area contributed by atoms with Crippen LogP contribution in [0.4, 0.5) is 4.39 Å². The Hall–Kier alpha value is -1.58. The molecule has 1 N–H and O–H groups in total. The fourth-order valence-corrected chi connectivity index (χ4v) is 1.40. The molecule has 0 radical (unpaired) electrons. The standard InChI is InChI=1S/C11H14FNO2/c1-7-5-4-6-8(15-3)10(12)9(7)11(14)13-2/h4,6H,5H2,1-3H3,(H,13,14). The molecule has 3 nitrogen and oxygen atoms in total. The summed E-state index contributed by atoms with van der Waals surface area (Å²) < 4.78 is 18.7. The number of likely N-dealkylation sites (N-methyl/N-ethyl adjacent to an activating group) is 1. The molecule has 1 aliphatic rings. The SMILES string of the molecule is CNC(=O)C1=C(C)CC=CC(OC)=C1F. The van der Waals surface area contributed by atoms with Gasteiger partial charge in [-0.25, -0.2) is 4.39 Å². The first-order chi connectivity index (χ1) is 7.11. The lowest BCUT2D eigenvalue weighted by atomic mass is 10.1. The van der Waals surface area contributed by atoms with Gasteiger partial charge in [0.15, 0.2) is 11.6 Å². The molecule has 1 aliphatic carbocycles. The van der Waals surface area contributed by atoms with Crippen molar-refractivity contribution in [3.8, 4) is 0 Å². The van der Waals surface area contributed by atoms with Crippen LogP contribution >= 0.6 is 0 Å². The minimum absolute atomic E-state index is 0.0688. The van der Waals surface area contributed by atoms with Gasteiger partial charge in [0.25, 0.3) is 5.91 Å². The van der Waals surface area contributed by atoms with E-state index in [9.17, 15) is 9.18 Å². The van der Waals surface area contributed by atoms with Crippen LogP contribution in [0.5, 0.6) is 0 Å². The quantitative estimate of drug-likeness (QED) is 0.756. The molecule has 0 unspecified atom stereocenters. The number of amides is 1. The Labute approximate surface area is 88.3 Å². The lowest BCUT2D eigenvalue weighted by Crippen LogP contribution is -2.21. The smallest absolute Gasteiger partial charge is 0.254 e. The third-order valence-corrected chi connectivity index (χ3v) is 2.23. The lowest BCUT2D eigenvalue weighted by Gasteiger charge is -2.08. The summed E-state index contributed by atoms with van der Waals surface area (Å²) in [6.45, 7) is 1.73. The summed E-state index contributed by atoms with van der Waals surface area (Å²) in [7, 11) is 2.85. The molecule has 0 aliphatic heterocycles. The number of nitrogens with one attached hydrogen (secondary N) is 1. The molecule has 0 spiro atoms. The first kappa shape index (κ1) is 11.5.